The van der Waals surface area contributed by atoms with E-state index < -0.39 is 0 Å². The summed E-state index contributed by atoms with van der Waals surface area (Å²) in [6, 6.07) is 14.4. The largest absolute Gasteiger partial charge is 0.277 e. The maximum absolute atomic E-state index is 13.3. The van der Waals surface area contributed by atoms with E-state index in [1.54, 1.807) is 6.07 Å². The third-order valence-electron chi connectivity index (χ3n) is 3.30. The van der Waals surface area contributed by atoms with Crippen LogP contribution in [0.4, 0.5) is 4.39 Å². The fraction of sp³-hybridized carbons (Fsp3) is 0. The molecule has 4 rings (SSSR count). The van der Waals surface area contributed by atoms with E-state index in [0.29, 0.717) is 0 Å². The van der Waals surface area contributed by atoms with Crippen LogP contribution in [0.2, 0.25) is 0 Å². The molecule has 0 saturated heterocycles. The first-order valence-corrected chi connectivity index (χ1v) is 7.34. The molecule has 2 heterocycles. The van der Waals surface area contributed by atoms with Crippen molar-refractivity contribution in [2.24, 2.45) is 0 Å². The molecule has 0 fully saturated rings. The highest BCUT2D eigenvalue weighted by atomic mass is 32.1. The molecule has 0 unspecified atom stereocenters. The molecule has 3 nitrogen and oxygen atoms in total. The molecule has 0 atom stereocenters. The molecule has 21 heavy (non-hydrogen) atoms. The molecular formula is C16H10FN3S. The van der Waals surface area contributed by atoms with Gasteiger partial charge in [-0.25, -0.2) is 9.37 Å². The SMILES string of the molecule is Fc1cccc(-c2csc(-c3n[nH]c4ccccc34)n2)c1. The van der Waals surface area contributed by atoms with Gasteiger partial charge in [-0.1, -0.05) is 30.3 Å². The van der Waals surface area contributed by atoms with Gasteiger partial charge in [0.05, 0.1) is 11.2 Å². The van der Waals surface area contributed by atoms with E-state index in [1.165, 1.54) is 23.5 Å². The summed E-state index contributed by atoms with van der Waals surface area (Å²) in [6.45, 7) is 0. The van der Waals surface area contributed by atoms with Crippen molar-refractivity contribution in [3.63, 3.8) is 0 Å². The lowest BCUT2D eigenvalue weighted by Crippen LogP contribution is -1.81. The Balaban J connectivity index is 1.81. The maximum atomic E-state index is 13.3. The van der Waals surface area contributed by atoms with Crippen molar-refractivity contribution in [3.8, 4) is 22.0 Å². The van der Waals surface area contributed by atoms with E-state index in [9.17, 15) is 4.39 Å². The Labute approximate surface area is 124 Å². The van der Waals surface area contributed by atoms with Crippen molar-refractivity contribution in [1.82, 2.24) is 15.2 Å². The zero-order valence-corrected chi connectivity index (χ0v) is 11.7. The third kappa shape index (κ3) is 2.11. The molecule has 0 amide bonds. The van der Waals surface area contributed by atoms with Gasteiger partial charge in [0, 0.05) is 16.3 Å². The molecular weight excluding hydrogens is 285 g/mol. The molecule has 0 bridgehead atoms. The van der Waals surface area contributed by atoms with Crippen molar-refractivity contribution in [2.45, 2.75) is 0 Å². The number of halogens is 1. The normalized spacial score (nSPS) is 11.1. The van der Waals surface area contributed by atoms with Gasteiger partial charge < -0.3 is 0 Å². The predicted molar refractivity (Wildman–Crippen MR) is 82.6 cm³/mol. The lowest BCUT2D eigenvalue weighted by Gasteiger charge is -1.96. The van der Waals surface area contributed by atoms with E-state index in [0.717, 1.165) is 32.9 Å². The number of aromatic amines is 1. The van der Waals surface area contributed by atoms with Gasteiger partial charge in [0.15, 0.2) is 0 Å². The summed E-state index contributed by atoms with van der Waals surface area (Å²) in [4.78, 5) is 4.58. The second-order valence-electron chi connectivity index (χ2n) is 4.67. The zero-order valence-electron chi connectivity index (χ0n) is 10.9. The maximum Gasteiger partial charge on any atom is 0.145 e. The molecule has 0 aliphatic rings. The summed E-state index contributed by atoms with van der Waals surface area (Å²) >= 11 is 1.51. The lowest BCUT2D eigenvalue weighted by molar-refractivity contribution is 0.628. The van der Waals surface area contributed by atoms with Gasteiger partial charge in [0.25, 0.3) is 0 Å². The summed E-state index contributed by atoms with van der Waals surface area (Å²) in [5, 5.41) is 11.1. The Hall–Kier alpha value is -2.53. The Morgan fingerprint density at radius 2 is 1.95 bits per heavy atom. The van der Waals surface area contributed by atoms with Crippen LogP contribution in [0.5, 0.6) is 0 Å². The summed E-state index contributed by atoms with van der Waals surface area (Å²) in [5.41, 5.74) is 3.35. The minimum Gasteiger partial charge on any atom is -0.277 e. The standard InChI is InChI=1S/C16H10FN3S/c17-11-5-3-4-10(8-11)14-9-21-16(18-14)15-12-6-1-2-7-13(12)19-20-15/h1-9H,(H,19,20). The van der Waals surface area contributed by atoms with Crippen molar-refractivity contribution >= 4 is 22.2 Å². The van der Waals surface area contributed by atoms with Crippen molar-refractivity contribution in [2.75, 3.05) is 0 Å². The highest BCUT2D eigenvalue weighted by Crippen LogP contribution is 2.31. The minimum absolute atomic E-state index is 0.257. The molecule has 0 aliphatic carbocycles. The van der Waals surface area contributed by atoms with Crippen molar-refractivity contribution in [1.29, 1.82) is 0 Å². The smallest absolute Gasteiger partial charge is 0.145 e. The molecule has 0 radical (unpaired) electrons. The Morgan fingerprint density at radius 1 is 1.05 bits per heavy atom. The molecule has 5 heteroatoms. The van der Waals surface area contributed by atoms with Crippen LogP contribution in [-0.4, -0.2) is 15.2 Å². The van der Waals surface area contributed by atoms with Gasteiger partial charge in [-0.05, 0) is 18.2 Å². The molecule has 4 aromatic rings. The van der Waals surface area contributed by atoms with Gasteiger partial charge in [-0.15, -0.1) is 11.3 Å². The number of aromatic nitrogens is 3. The van der Waals surface area contributed by atoms with Gasteiger partial charge in [0.1, 0.15) is 16.5 Å². The number of benzene rings is 2. The van der Waals surface area contributed by atoms with E-state index >= 15 is 0 Å². The molecule has 0 saturated carbocycles. The Morgan fingerprint density at radius 3 is 2.86 bits per heavy atom. The molecule has 102 valence electrons. The highest BCUT2D eigenvalue weighted by Gasteiger charge is 2.12. The molecule has 0 aliphatic heterocycles. The second kappa shape index (κ2) is 4.79. The fourth-order valence-corrected chi connectivity index (χ4v) is 3.12. The number of H-pyrrole nitrogens is 1. The van der Waals surface area contributed by atoms with Gasteiger partial charge in [-0.3, -0.25) is 5.10 Å². The zero-order chi connectivity index (χ0) is 14.2. The number of hydrogen-bond donors (Lipinski definition) is 1. The van der Waals surface area contributed by atoms with E-state index in [4.69, 9.17) is 0 Å². The average molecular weight is 295 g/mol. The number of para-hydroxylation sites is 1. The van der Waals surface area contributed by atoms with Crippen LogP contribution in [0.15, 0.2) is 53.9 Å². The third-order valence-corrected chi connectivity index (χ3v) is 4.15. The van der Waals surface area contributed by atoms with Crippen molar-refractivity contribution < 1.29 is 4.39 Å². The molecule has 0 spiro atoms. The van der Waals surface area contributed by atoms with Gasteiger partial charge >= 0.3 is 0 Å². The summed E-state index contributed by atoms with van der Waals surface area (Å²) in [7, 11) is 0. The summed E-state index contributed by atoms with van der Waals surface area (Å²) < 4.78 is 13.3. The Kier molecular flexibility index (Phi) is 2.79. The fourth-order valence-electron chi connectivity index (χ4n) is 2.29. The summed E-state index contributed by atoms with van der Waals surface area (Å²) in [6.07, 6.45) is 0. The number of fused-ring (bicyclic) bond motifs is 1. The average Bonchev–Trinajstić information content (AvgIpc) is 3.14. The number of nitrogens with one attached hydrogen (secondary N) is 1. The predicted octanol–water partition coefficient (Wildman–Crippen LogP) is 4.49. The topological polar surface area (TPSA) is 41.6 Å². The van der Waals surface area contributed by atoms with Crippen LogP contribution in [-0.2, 0) is 0 Å². The molecule has 1 N–H and O–H groups in total. The van der Waals surface area contributed by atoms with E-state index in [2.05, 4.69) is 15.2 Å². The minimum atomic E-state index is -0.257. The van der Waals surface area contributed by atoms with Gasteiger partial charge in [0.2, 0.25) is 0 Å². The van der Waals surface area contributed by atoms with Crippen LogP contribution in [0.25, 0.3) is 32.9 Å². The van der Waals surface area contributed by atoms with Crippen LogP contribution in [0.3, 0.4) is 0 Å². The summed E-state index contributed by atoms with van der Waals surface area (Å²) in [5.74, 6) is -0.257. The first kappa shape index (κ1) is 12.2. The van der Waals surface area contributed by atoms with Crippen LogP contribution >= 0.6 is 11.3 Å². The first-order valence-electron chi connectivity index (χ1n) is 6.46. The van der Waals surface area contributed by atoms with Gasteiger partial charge in [-0.2, -0.15) is 5.10 Å². The second-order valence-corrected chi connectivity index (χ2v) is 5.52. The van der Waals surface area contributed by atoms with Crippen molar-refractivity contribution in [3.05, 3.63) is 59.7 Å². The number of hydrogen-bond acceptors (Lipinski definition) is 3. The van der Waals surface area contributed by atoms with Crippen LogP contribution in [0.1, 0.15) is 0 Å². The number of thiazole rings is 1. The van der Waals surface area contributed by atoms with E-state index in [-0.39, 0.29) is 5.82 Å². The number of rotatable bonds is 2. The quantitative estimate of drug-likeness (QED) is 0.592. The monoisotopic (exact) mass is 295 g/mol. The van der Waals surface area contributed by atoms with Crippen LogP contribution in [0, 0.1) is 5.82 Å². The Bertz CT molecular complexity index is 926. The van der Waals surface area contributed by atoms with Crippen LogP contribution < -0.4 is 0 Å². The lowest BCUT2D eigenvalue weighted by atomic mass is 10.2. The highest BCUT2D eigenvalue weighted by molar-refractivity contribution is 7.13. The first-order chi connectivity index (χ1) is 10.3. The molecule has 2 aromatic carbocycles. The molecule has 2 aromatic heterocycles. The number of nitrogens with zero attached hydrogens (tertiary/aromatic N) is 2. The van der Waals surface area contributed by atoms with E-state index in [1.807, 2.05) is 35.7 Å².